The summed E-state index contributed by atoms with van der Waals surface area (Å²) in [4.78, 5) is 29.5. The lowest BCUT2D eigenvalue weighted by Crippen LogP contribution is -2.40. The van der Waals surface area contributed by atoms with Gasteiger partial charge in [-0.05, 0) is 31.5 Å². The molecule has 0 atom stereocenters. The van der Waals surface area contributed by atoms with E-state index in [1.165, 1.54) is 19.0 Å². The van der Waals surface area contributed by atoms with Crippen LogP contribution in [0.3, 0.4) is 0 Å². The van der Waals surface area contributed by atoms with Crippen molar-refractivity contribution in [3.05, 3.63) is 24.5 Å². The fourth-order valence-corrected chi connectivity index (χ4v) is 2.06. The quantitative estimate of drug-likeness (QED) is 0.747. The van der Waals surface area contributed by atoms with Gasteiger partial charge in [-0.2, -0.15) is 0 Å². The summed E-state index contributed by atoms with van der Waals surface area (Å²) in [6.07, 6.45) is 5.58. The van der Waals surface area contributed by atoms with Crippen LogP contribution in [-0.4, -0.2) is 47.4 Å². The van der Waals surface area contributed by atoms with Crippen molar-refractivity contribution >= 4 is 17.5 Å². The molecule has 1 aliphatic rings. The Hall–Kier alpha value is -1.95. The molecule has 2 rings (SSSR count). The van der Waals surface area contributed by atoms with E-state index in [1.807, 2.05) is 0 Å². The number of aromatic nitrogens is 1. The molecule has 0 radical (unpaired) electrons. The number of hydrogen-bond acceptors (Lipinski definition) is 4. The summed E-state index contributed by atoms with van der Waals surface area (Å²) in [7, 11) is 0. The first-order valence-corrected chi connectivity index (χ1v) is 6.94. The molecule has 0 bridgehead atoms. The smallest absolute Gasteiger partial charge is 0.313 e. The molecule has 0 spiro atoms. The van der Waals surface area contributed by atoms with Gasteiger partial charge in [0.05, 0.1) is 11.9 Å². The first-order valence-electron chi connectivity index (χ1n) is 6.94. The zero-order valence-electron chi connectivity index (χ0n) is 11.6. The number of anilines is 1. The summed E-state index contributed by atoms with van der Waals surface area (Å²) in [6, 6.07) is 4.05. The van der Waals surface area contributed by atoms with Crippen LogP contribution in [0.1, 0.15) is 19.8 Å². The standard InChI is InChI=1S/C14H20N4O2/c1-2-18(12-5-6-12)9-8-16-13(19)14(20)17-11-4-3-7-15-10-11/h3-4,7,10,12H,2,5-6,8-9H2,1H3,(H,16,19)(H,17,20). The number of carbonyl (C=O) groups is 2. The van der Waals surface area contributed by atoms with Crippen molar-refractivity contribution < 1.29 is 9.59 Å². The molecule has 6 nitrogen and oxygen atoms in total. The first-order chi connectivity index (χ1) is 9.70. The maximum Gasteiger partial charge on any atom is 0.313 e. The average molecular weight is 276 g/mol. The maximum atomic E-state index is 11.6. The summed E-state index contributed by atoms with van der Waals surface area (Å²) in [5.41, 5.74) is 0.515. The molecule has 2 N–H and O–H groups in total. The summed E-state index contributed by atoms with van der Waals surface area (Å²) >= 11 is 0. The average Bonchev–Trinajstić information content (AvgIpc) is 3.29. The molecular formula is C14H20N4O2. The van der Waals surface area contributed by atoms with E-state index >= 15 is 0 Å². The highest BCUT2D eigenvalue weighted by Crippen LogP contribution is 2.25. The second-order valence-corrected chi connectivity index (χ2v) is 4.81. The van der Waals surface area contributed by atoms with E-state index in [9.17, 15) is 9.59 Å². The van der Waals surface area contributed by atoms with Gasteiger partial charge in [-0.15, -0.1) is 0 Å². The van der Waals surface area contributed by atoms with Crippen molar-refractivity contribution in [1.82, 2.24) is 15.2 Å². The zero-order valence-corrected chi connectivity index (χ0v) is 11.6. The number of nitrogens with one attached hydrogen (secondary N) is 2. The Morgan fingerprint density at radius 2 is 2.20 bits per heavy atom. The van der Waals surface area contributed by atoms with Gasteiger partial charge in [0.25, 0.3) is 0 Å². The molecule has 1 heterocycles. The molecule has 1 aromatic rings. The first kappa shape index (κ1) is 14.5. The van der Waals surface area contributed by atoms with E-state index in [1.54, 1.807) is 18.3 Å². The number of amides is 2. The molecule has 2 amide bonds. The van der Waals surface area contributed by atoms with Crippen LogP contribution in [-0.2, 0) is 9.59 Å². The summed E-state index contributed by atoms with van der Waals surface area (Å²) in [6.45, 7) is 4.36. The van der Waals surface area contributed by atoms with Crippen molar-refractivity contribution in [1.29, 1.82) is 0 Å². The minimum absolute atomic E-state index is 0.490. The van der Waals surface area contributed by atoms with Crippen LogP contribution < -0.4 is 10.6 Å². The van der Waals surface area contributed by atoms with Gasteiger partial charge in [0.15, 0.2) is 0 Å². The Morgan fingerprint density at radius 1 is 1.40 bits per heavy atom. The predicted octanol–water partition coefficient (Wildman–Crippen LogP) is 0.621. The van der Waals surface area contributed by atoms with Gasteiger partial charge in [0.2, 0.25) is 0 Å². The number of nitrogens with zero attached hydrogens (tertiary/aromatic N) is 2. The van der Waals surface area contributed by atoms with E-state index in [2.05, 4.69) is 27.4 Å². The van der Waals surface area contributed by atoms with E-state index in [0.717, 1.165) is 13.1 Å². The lowest BCUT2D eigenvalue weighted by molar-refractivity contribution is -0.136. The number of carbonyl (C=O) groups excluding carboxylic acids is 2. The Labute approximate surface area is 118 Å². The van der Waals surface area contributed by atoms with Crippen LogP contribution in [0.5, 0.6) is 0 Å². The molecule has 0 unspecified atom stereocenters. The second kappa shape index (κ2) is 7.00. The predicted molar refractivity (Wildman–Crippen MR) is 76.1 cm³/mol. The van der Waals surface area contributed by atoms with Crippen molar-refractivity contribution in [2.24, 2.45) is 0 Å². The molecule has 1 fully saturated rings. The SMILES string of the molecule is CCN(CCNC(=O)C(=O)Nc1cccnc1)C1CC1. The third-order valence-electron chi connectivity index (χ3n) is 3.28. The van der Waals surface area contributed by atoms with Gasteiger partial charge in [-0.3, -0.25) is 19.5 Å². The van der Waals surface area contributed by atoms with E-state index in [4.69, 9.17) is 0 Å². The Bertz CT molecular complexity index is 460. The van der Waals surface area contributed by atoms with Gasteiger partial charge >= 0.3 is 11.8 Å². The molecule has 1 saturated carbocycles. The number of likely N-dealkylation sites (N-methyl/N-ethyl adjacent to an activating group) is 1. The summed E-state index contributed by atoms with van der Waals surface area (Å²) in [5.74, 6) is -1.27. The normalized spacial score (nSPS) is 14.1. The third-order valence-corrected chi connectivity index (χ3v) is 3.28. The van der Waals surface area contributed by atoms with Crippen molar-refractivity contribution in [2.45, 2.75) is 25.8 Å². The van der Waals surface area contributed by atoms with Gasteiger partial charge in [0.1, 0.15) is 0 Å². The van der Waals surface area contributed by atoms with Crippen LogP contribution in [0, 0.1) is 0 Å². The minimum Gasteiger partial charge on any atom is -0.347 e. The largest absolute Gasteiger partial charge is 0.347 e. The molecule has 1 aliphatic carbocycles. The monoisotopic (exact) mass is 276 g/mol. The summed E-state index contributed by atoms with van der Waals surface area (Å²) in [5, 5.41) is 5.14. The topological polar surface area (TPSA) is 74.3 Å². The molecule has 0 aliphatic heterocycles. The van der Waals surface area contributed by atoms with Gasteiger partial charge in [0, 0.05) is 25.3 Å². The minimum atomic E-state index is -0.660. The molecule has 1 aromatic heterocycles. The summed E-state index contributed by atoms with van der Waals surface area (Å²) < 4.78 is 0. The van der Waals surface area contributed by atoms with Crippen molar-refractivity contribution in [3.8, 4) is 0 Å². The van der Waals surface area contributed by atoms with Crippen LogP contribution in [0.4, 0.5) is 5.69 Å². The highest BCUT2D eigenvalue weighted by atomic mass is 16.2. The molecular weight excluding hydrogens is 256 g/mol. The van der Waals surface area contributed by atoms with E-state index < -0.39 is 11.8 Å². The lowest BCUT2D eigenvalue weighted by Gasteiger charge is -2.19. The third kappa shape index (κ3) is 4.31. The maximum absolute atomic E-state index is 11.6. The van der Waals surface area contributed by atoms with Gasteiger partial charge in [-0.25, -0.2) is 0 Å². The molecule has 6 heteroatoms. The van der Waals surface area contributed by atoms with E-state index in [-0.39, 0.29) is 0 Å². The van der Waals surface area contributed by atoms with Gasteiger partial charge < -0.3 is 10.6 Å². The Balaban J connectivity index is 1.70. The van der Waals surface area contributed by atoms with Gasteiger partial charge in [-0.1, -0.05) is 6.92 Å². The number of rotatable bonds is 6. The Kier molecular flexibility index (Phi) is 5.06. The zero-order chi connectivity index (χ0) is 14.4. The lowest BCUT2D eigenvalue weighted by atomic mass is 10.4. The highest BCUT2D eigenvalue weighted by Gasteiger charge is 2.27. The fourth-order valence-electron chi connectivity index (χ4n) is 2.06. The molecule has 108 valence electrons. The van der Waals surface area contributed by atoms with E-state index in [0.29, 0.717) is 18.3 Å². The van der Waals surface area contributed by atoms with Crippen molar-refractivity contribution in [3.63, 3.8) is 0 Å². The number of pyridine rings is 1. The van der Waals surface area contributed by atoms with Crippen LogP contribution in [0.25, 0.3) is 0 Å². The number of hydrogen-bond donors (Lipinski definition) is 2. The molecule has 20 heavy (non-hydrogen) atoms. The molecule has 0 saturated heterocycles. The molecule has 0 aromatic carbocycles. The van der Waals surface area contributed by atoms with Crippen LogP contribution >= 0.6 is 0 Å². The van der Waals surface area contributed by atoms with Crippen LogP contribution in [0.15, 0.2) is 24.5 Å². The highest BCUT2D eigenvalue weighted by molar-refractivity contribution is 6.39. The van der Waals surface area contributed by atoms with Crippen molar-refractivity contribution in [2.75, 3.05) is 25.0 Å². The van der Waals surface area contributed by atoms with Crippen LogP contribution in [0.2, 0.25) is 0 Å². The Morgan fingerprint density at radius 3 is 2.80 bits per heavy atom. The second-order valence-electron chi connectivity index (χ2n) is 4.81. The fraction of sp³-hybridized carbons (Fsp3) is 0.500.